The minimum Gasteiger partial charge on any atom is -0.392 e. The minimum absolute atomic E-state index is 0.0365. The topological polar surface area (TPSA) is 75.3 Å². The van der Waals surface area contributed by atoms with Gasteiger partial charge in [0.15, 0.2) is 0 Å². The summed E-state index contributed by atoms with van der Waals surface area (Å²) in [7, 11) is 0. The van der Waals surface area contributed by atoms with E-state index in [4.69, 9.17) is 5.73 Å². The number of hydrogen-bond donors (Lipinski definition) is 3. The lowest BCUT2D eigenvalue weighted by Crippen LogP contribution is -2.59. The Bertz CT molecular complexity index is 675. The fourth-order valence-corrected chi connectivity index (χ4v) is 5.86. The van der Waals surface area contributed by atoms with Crippen LogP contribution in [0, 0.1) is 11.8 Å². The molecule has 2 aliphatic heterocycles. The molecule has 25 heavy (non-hydrogen) atoms. The van der Waals surface area contributed by atoms with E-state index in [0.717, 1.165) is 12.8 Å². The third-order valence-electron chi connectivity index (χ3n) is 6.22. The molecule has 1 aromatic rings. The van der Waals surface area contributed by atoms with Gasteiger partial charge in [-0.15, -0.1) is 11.8 Å². The number of nitrogens with two attached hydrogens (primary N) is 1. The van der Waals surface area contributed by atoms with E-state index < -0.39 is 0 Å². The van der Waals surface area contributed by atoms with Gasteiger partial charge in [0, 0.05) is 17.9 Å². The van der Waals surface area contributed by atoms with Gasteiger partial charge in [-0.1, -0.05) is 37.3 Å². The Balaban J connectivity index is 1.66. The van der Waals surface area contributed by atoms with Crippen LogP contribution in [-0.2, 0) is 4.79 Å². The fourth-order valence-electron chi connectivity index (χ4n) is 4.78. The summed E-state index contributed by atoms with van der Waals surface area (Å²) in [4.78, 5) is 12.4. The lowest BCUT2D eigenvalue weighted by Gasteiger charge is -2.48. The number of carbonyl (C=O) groups excluding carboxylic acids is 1. The van der Waals surface area contributed by atoms with Gasteiger partial charge < -0.3 is 16.2 Å². The number of piperidine rings is 1. The van der Waals surface area contributed by atoms with Gasteiger partial charge in [-0.3, -0.25) is 4.79 Å². The number of allylic oxidation sites excluding steroid dienone is 1. The molecule has 7 atom stereocenters. The van der Waals surface area contributed by atoms with Crippen molar-refractivity contribution >= 4 is 17.7 Å². The van der Waals surface area contributed by atoms with Gasteiger partial charge in [-0.2, -0.15) is 0 Å². The Morgan fingerprint density at radius 2 is 2.08 bits per heavy atom. The van der Waals surface area contributed by atoms with Crippen LogP contribution >= 0.6 is 11.8 Å². The number of carbonyl (C=O) groups is 1. The van der Waals surface area contributed by atoms with Gasteiger partial charge in [0.1, 0.15) is 0 Å². The number of aliphatic hydroxyl groups excluding tert-OH is 1. The van der Waals surface area contributed by atoms with Gasteiger partial charge in [0.25, 0.3) is 0 Å². The molecule has 0 spiro atoms. The first-order chi connectivity index (χ1) is 12.1. The summed E-state index contributed by atoms with van der Waals surface area (Å²) in [6.45, 7) is 2.76. The molecule has 0 aromatic heterocycles. The maximum Gasteiger partial charge on any atom is 0.234 e. The van der Waals surface area contributed by atoms with Crippen LogP contribution in [0.3, 0.4) is 0 Å². The fraction of sp³-hybridized carbons (Fsp3) is 0.550. The quantitative estimate of drug-likeness (QED) is 0.775. The third-order valence-corrected chi connectivity index (χ3v) is 7.35. The normalized spacial score (nSPS) is 38.0. The molecular formula is C20H26N2O2S. The molecule has 4 nitrogen and oxygen atoms in total. The van der Waals surface area contributed by atoms with E-state index in [1.807, 2.05) is 0 Å². The maximum absolute atomic E-state index is 12.4. The van der Waals surface area contributed by atoms with Gasteiger partial charge in [-0.05, 0) is 47.8 Å². The number of aliphatic hydroxyl groups is 1. The summed E-state index contributed by atoms with van der Waals surface area (Å²) >= 11 is 1.61. The summed E-state index contributed by atoms with van der Waals surface area (Å²) in [6, 6.07) is 8.74. The number of fused-ring (bicyclic) bond motifs is 3. The number of amides is 1. The lowest BCUT2D eigenvalue weighted by molar-refractivity contribution is -0.126. The van der Waals surface area contributed by atoms with Crippen LogP contribution in [0.1, 0.15) is 42.7 Å². The molecule has 6 unspecified atom stereocenters. The zero-order valence-electron chi connectivity index (χ0n) is 14.5. The van der Waals surface area contributed by atoms with E-state index >= 15 is 0 Å². The molecule has 1 saturated heterocycles. The second kappa shape index (κ2) is 6.78. The van der Waals surface area contributed by atoms with Crippen molar-refractivity contribution in [3.8, 4) is 0 Å². The standard InChI is InChI=1S/C20H26N2O2S/c1-11(10-21)12-2-4-13(5-3-12)17-16(23)7-6-15-18(17)14-8-9-25-19(14)20(24)22-15/h2-5,8-9,11,14-19,23H,6-7,10,21H2,1H3,(H,22,24)/t11-,14?,15?,16?,17?,18?,19?/m1/s1. The van der Waals surface area contributed by atoms with Crippen molar-refractivity contribution in [2.24, 2.45) is 17.6 Å². The van der Waals surface area contributed by atoms with Crippen molar-refractivity contribution in [1.82, 2.24) is 5.32 Å². The van der Waals surface area contributed by atoms with E-state index in [0.29, 0.717) is 12.5 Å². The van der Waals surface area contributed by atoms with Gasteiger partial charge in [-0.25, -0.2) is 0 Å². The summed E-state index contributed by atoms with van der Waals surface area (Å²) in [5.41, 5.74) is 8.19. The Hall–Kier alpha value is -1.30. The highest BCUT2D eigenvalue weighted by Gasteiger charge is 2.51. The summed E-state index contributed by atoms with van der Waals surface area (Å²) in [6.07, 6.45) is 3.43. The van der Waals surface area contributed by atoms with Crippen LogP contribution < -0.4 is 11.1 Å². The highest BCUT2D eigenvalue weighted by Crippen LogP contribution is 2.50. The van der Waals surface area contributed by atoms with Crippen molar-refractivity contribution in [3.63, 3.8) is 0 Å². The number of rotatable bonds is 3. The predicted octanol–water partition coefficient (Wildman–Crippen LogP) is 2.35. The predicted molar refractivity (Wildman–Crippen MR) is 101 cm³/mol. The van der Waals surface area contributed by atoms with Crippen molar-refractivity contribution in [3.05, 3.63) is 46.9 Å². The number of thioether (sulfide) groups is 1. The first-order valence-electron chi connectivity index (χ1n) is 9.20. The van der Waals surface area contributed by atoms with Gasteiger partial charge in [0.2, 0.25) is 5.91 Å². The average molecular weight is 359 g/mol. The first-order valence-corrected chi connectivity index (χ1v) is 10.1. The maximum atomic E-state index is 12.4. The smallest absolute Gasteiger partial charge is 0.234 e. The molecule has 4 N–H and O–H groups in total. The number of hydrogen-bond acceptors (Lipinski definition) is 4. The Morgan fingerprint density at radius 3 is 2.80 bits per heavy atom. The van der Waals surface area contributed by atoms with Crippen LogP contribution in [0.2, 0.25) is 0 Å². The minimum atomic E-state index is -0.353. The van der Waals surface area contributed by atoms with Crippen LogP contribution in [0.15, 0.2) is 35.7 Å². The Morgan fingerprint density at radius 1 is 1.32 bits per heavy atom. The summed E-state index contributed by atoms with van der Waals surface area (Å²) in [5.74, 6) is 1.04. The Kier molecular flexibility index (Phi) is 4.65. The number of benzene rings is 1. The van der Waals surface area contributed by atoms with Crippen LogP contribution in [-0.4, -0.2) is 35.0 Å². The summed E-state index contributed by atoms with van der Waals surface area (Å²) in [5, 5.41) is 16.0. The highest BCUT2D eigenvalue weighted by molar-refractivity contribution is 8.03. The summed E-state index contributed by atoms with van der Waals surface area (Å²) < 4.78 is 0. The second-order valence-corrected chi connectivity index (χ2v) is 8.68. The molecule has 3 aliphatic rings. The number of nitrogens with one attached hydrogen (secondary N) is 1. The van der Waals surface area contributed by atoms with E-state index in [-0.39, 0.29) is 41.1 Å². The molecule has 1 aliphatic carbocycles. The average Bonchev–Trinajstić information content (AvgIpc) is 3.12. The molecule has 2 heterocycles. The van der Waals surface area contributed by atoms with Gasteiger partial charge >= 0.3 is 0 Å². The van der Waals surface area contributed by atoms with Crippen molar-refractivity contribution in [2.75, 3.05) is 6.54 Å². The highest BCUT2D eigenvalue weighted by atomic mass is 32.2. The van der Waals surface area contributed by atoms with E-state index in [9.17, 15) is 9.90 Å². The zero-order chi connectivity index (χ0) is 17.6. The van der Waals surface area contributed by atoms with Crippen LogP contribution in [0.4, 0.5) is 0 Å². The second-order valence-electron chi connectivity index (χ2n) is 7.63. The zero-order valence-corrected chi connectivity index (χ0v) is 15.3. The molecule has 1 aromatic carbocycles. The molecular weight excluding hydrogens is 332 g/mol. The molecule has 1 saturated carbocycles. The molecule has 1 amide bonds. The monoisotopic (exact) mass is 358 g/mol. The molecule has 4 rings (SSSR count). The molecule has 5 heteroatoms. The molecule has 0 radical (unpaired) electrons. The largest absolute Gasteiger partial charge is 0.392 e. The van der Waals surface area contributed by atoms with E-state index in [1.54, 1.807) is 11.8 Å². The van der Waals surface area contributed by atoms with E-state index in [1.165, 1.54) is 11.1 Å². The van der Waals surface area contributed by atoms with Crippen LogP contribution in [0.25, 0.3) is 0 Å². The van der Waals surface area contributed by atoms with Gasteiger partial charge in [0.05, 0.1) is 11.4 Å². The first kappa shape index (κ1) is 17.1. The SMILES string of the molecule is C[C@H](CN)c1ccc(C2C(O)CCC3NC(=O)C4SC=CC4C32)cc1. The van der Waals surface area contributed by atoms with Crippen molar-refractivity contribution in [2.45, 2.75) is 49.0 Å². The molecule has 0 bridgehead atoms. The molecule has 2 fully saturated rings. The van der Waals surface area contributed by atoms with Crippen molar-refractivity contribution < 1.29 is 9.90 Å². The lowest BCUT2D eigenvalue weighted by atomic mass is 9.63. The van der Waals surface area contributed by atoms with E-state index in [2.05, 4.69) is 48.0 Å². The van der Waals surface area contributed by atoms with Crippen molar-refractivity contribution in [1.29, 1.82) is 0 Å². The Labute approximate surface area is 153 Å². The van der Waals surface area contributed by atoms with Crippen LogP contribution in [0.5, 0.6) is 0 Å². The molecule has 134 valence electrons. The third kappa shape index (κ3) is 2.92.